The van der Waals surface area contributed by atoms with Crippen LogP contribution < -0.4 is 5.73 Å². The highest BCUT2D eigenvalue weighted by Gasteiger charge is 2.16. The fourth-order valence-corrected chi connectivity index (χ4v) is 2.87. The molecule has 0 aliphatic carbocycles. The van der Waals surface area contributed by atoms with Crippen molar-refractivity contribution in [3.8, 4) is 0 Å². The second kappa shape index (κ2) is 6.94. The molecule has 90 valence electrons. The number of aryl methyl sites for hydroxylation is 1. The molecule has 2 unspecified atom stereocenters. The van der Waals surface area contributed by atoms with Crippen molar-refractivity contribution >= 4 is 11.8 Å². The standard InChI is InChI=1S/C13H21NOS/c1-10-5-3-6-12(9-10)13(11(2)14)16-8-4-7-15/h3,5-6,9,11,13,15H,4,7-8,14H2,1-2H3. The molecule has 0 bridgehead atoms. The van der Waals surface area contributed by atoms with Gasteiger partial charge in [0.25, 0.3) is 0 Å². The van der Waals surface area contributed by atoms with Gasteiger partial charge in [-0.2, -0.15) is 11.8 Å². The Balaban J connectivity index is 2.69. The Morgan fingerprint density at radius 2 is 2.19 bits per heavy atom. The zero-order valence-corrected chi connectivity index (χ0v) is 10.8. The molecule has 0 spiro atoms. The van der Waals surface area contributed by atoms with Crippen LogP contribution in [0.4, 0.5) is 0 Å². The minimum atomic E-state index is 0.130. The van der Waals surface area contributed by atoms with Crippen LogP contribution in [0.3, 0.4) is 0 Å². The van der Waals surface area contributed by atoms with E-state index in [1.807, 2.05) is 18.7 Å². The van der Waals surface area contributed by atoms with Gasteiger partial charge in [-0.1, -0.05) is 29.8 Å². The first-order valence-electron chi connectivity index (χ1n) is 5.69. The highest BCUT2D eigenvalue weighted by molar-refractivity contribution is 7.99. The van der Waals surface area contributed by atoms with Crippen LogP contribution in [0, 0.1) is 6.92 Å². The average molecular weight is 239 g/mol. The second-order valence-corrected chi connectivity index (χ2v) is 5.39. The van der Waals surface area contributed by atoms with Crippen LogP contribution in [0.15, 0.2) is 24.3 Å². The van der Waals surface area contributed by atoms with E-state index < -0.39 is 0 Å². The molecule has 3 heteroatoms. The van der Waals surface area contributed by atoms with E-state index in [0.717, 1.165) is 12.2 Å². The number of aliphatic hydroxyl groups is 1. The van der Waals surface area contributed by atoms with E-state index in [2.05, 4.69) is 31.2 Å². The SMILES string of the molecule is Cc1cccc(C(SCCCO)C(C)N)c1. The van der Waals surface area contributed by atoms with Crippen molar-refractivity contribution in [2.75, 3.05) is 12.4 Å². The molecule has 0 aromatic heterocycles. The van der Waals surface area contributed by atoms with Crippen LogP contribution >= 0.6 is 11.8 Å². The molecule has 0 heterocycles. The van der Waals surface area contributed by atoms with Gasteiger partial charge in [-0.05, 0) is 31.6 Å². The lowest BCUT2D eigenvalue weighted by Gasteiger charge is -2.21. The summed E-state index contributed by atoms with van der Waals surface area (Å²) in [6.07, 6.45) is 0.833. The Morgan fingerprint density at radius 3 is 2.75 bits per heavy atom. The highest BCUT2D eigenvalue weighted by atomic mass is 32.2. The molecular weight excluding hydrogens is 218 g/mol. The Kier molecular flexibility index (Phi) is 5.88. The fourth-order valence-electron chi connectivity index (χ4n) is 1.67. The van der Waals surface area contributed by atoms with Crippen LogP contribution in [-0.2, 0) is 0 Å². The first kappa shape index (κ1) is 13.6. The van der Waals surface area contributed by atoms with Crippen LogP contribution in [0.2, 0.25) is 0 Å². The van der Waals surface area contributed by atoms with Gasteiger partial charge in [0.2, 0.25) is 0 Å². The molecule has 0 fully saturated rings. The van der Waals surface area contributed by atoms with Gasteiger partial charge in [0, 0.05) is 17.9 Å². The zero-order valence-electron chi connectivity index (χ0n) is 10.0. The molecule has 1 aromatic carbocycles. The van der Waals surface area contributed by atoms with Gasteiger partial charge in [0.05, 0.1) is 0 Å². The summed E-state index contributed by atoms with van der Waals surface area (Å²) in [6, 6.07) is 8.63. The largest absolute Gasteiger partial charge is 0.396 e. The van der Waals surface area contributed by atoms with Crippen molar-refractivity contribution in [2.45, 2.75) is 31.6 Å². The molecule has 0 saturated heterocycles. The molecule has 0 amide bonds. The van der Waals surface area contributed by atoms with Crippen molar-refractivity contribution < 1.29 is 5.11 Å². The molecule has 0 aliphatic heterocycles. The summed E-state index contributed by atoms with van der Waals surface area (Å²) in [6.45, 7) is 4.39. The predicted molar refractivity (Wildman–Crippen MR) is 71.7 cm³/mol. The van der Waals surface area contributed by atoms with Crippen molar-refractivity contribution in [3.63, 3.8) is 0 Å². The van der Waals surface area contributed by atoms with Crippen molar-refractivity contribution in [1.29, 1.82) is 0 Å². The maximum Gasteiger partial charge on any atom is 0.0445 e. The smallest absolute Gasteiger partial charge is 0.0445 e. The zero-order chi connectivity index (χ0) is 12.0. The summed E-state index contributed by atoms with van der Waals surface area (Å²) in [5.41, 5.74) is 8.58. The number of rotatable bonds is 6. The highest BCUT2D eigenvalue weighted by Crippen LogP contribution is 2.31. The third-order valence-electron chi connectivity index (χ3n) is 2.45. The number of aliphatic hydroxyl groups excluding tert-OH is 1. The molecule has 0 aliphatic rings. The van der Waals surface area contributed by atoms with E-state index in [1.165, 1.54) is 11.1 Å². The van der Waals surface area contributed by atoms with Crippen molar-refractivity contribution in [3.05, 3.63) is 35.4 Å². The van der Waals surface area contributed by atoms with Crippen molar-refractivity contribution in [2.24, 2.45) is 5.73 Å². The molecule has 0 radical (unpaired) electrons. The van der Waals surface area contributed by atoms with E-state index in [4.69, 9.17) is 10.8 Å². The van der Waals surface area contributed by atoms with E-state index in [0.29, 0.717) is 5.25 Å². The molecular formula is C13H21NOS. The van der Waals surface area contributed by atoms with Gasteiger partial charge in [-0.3, -0.25) is 0 Å². The Hall–Kier alpha value is -0.510. The van der Waals surface area contributed by atoms with Crippen LogP contribution in [-0.4, -0.2) is 23.5 Å². The van der Waals surface area contributed by atoms with Gasteiger partial charge in [0.15, 0.2) is 0 Å². The Morgan fingerprint density at radius 1 is 1.44 bits per heavy atom. The molecule has 2 atom stereocenters. The molecule has 3 N–H and O–H groups in total. The third kappa shape index (κ3) is 4.16. The topological polar surface area (TPSA) is 46.2 Å². The maximum atomic E-state index is 8.79. The summed E-state index contributed by atoms with van der Waals surface area (Å²) in [7, 11) is 0. The summed E-state index contributed by atoms with van der Waals surface area (Å²) in [5, 5.41) is 9.11. The summed E-state index contributed by atoms with van der Waals surface area (Å²) < 4.78 is 0. The number of thioether (sulfide) groups is 1. The molecule has 2 nitrogen and oxygen atoms in total. The lowest BCUT2D eigenvalue weighted by molar-refractivity contribution is 0.296. The first-order chi connectivity index (χ1) is 7.65. The number of hydrogen-bond donors (Lipinski definition) is 2. The van der Waals surface area contributed by atoms with Crippen LogP contribution in [0.25, 0.3) is 0 Å². The molecule has 0 saturated carbocycles. The van der Waals surface area contributed by atoms with Gasteiger partial charge in [-0.25, -0.2) is 0 Å². The predicted octanol–water partition coefficient (Wildman–Crippen LogP) is 2.50. The maximum absolute atomic E-state index is 8.79. The van der Waals surface area contributed by atoms with Crippen LogP contribution in [0.1, 0.15) is 29.7 Å². The number of benzene rings is 1. The van der Waals surface area contributed by atoms with Gasteiger partial charge < -0.3 is 10.8 Å². The first-order valence-corrected chi connectivity index (χ1v) is 6.74. The molecule has 1 aromatic rings. The minimum absolute atomic E-state index is 0.130. The van der Waals surface area contributed by atoms with Crippen molar-refractivity contribution in [1.82, 2.24) is 0 Å². The second-order valence-electron chi connectivity index (χ2n) is 4.14. The average Bonchev–Trinajstić information content (AvgIpc) is 2.24. The van der Waals surface area contributed by atoms with E-state index in [1.54, 1.807) is 0 Å². The lowest BCUT2D eigenvalue weighted by atomic mass is 10.0. The summed E-state index contributed by atoms with van der Waals surface area (Å²) in [5.74, 6) is 0.955. The molecule has 16 heavy (non-hydrogen) atoms. The quantitative estimate of drug-likeness (QED) is 0.750. The third-order valence-corrected chi connectivity index (χ3v) is 4.03. The summed E-state index contributed by atoms with van der Waals surface area (Å²) >= 11 is 1.83. The Labute approximate surface area is 102 Å². The number of nitrogens with two attached hydrogens (primary N) is 1. The number of hydrogen-bond acceptors (Lipinski definition) is 3. The fraction of sp³-hybridized carbons (Fsp3) is 0.538. The van der Waals surface area contributed by atoms with E-state index in [9.17, 15) is 0 Å². The molecule has 1 rings (SSSR count). The van der Waals surface area contributed by atoms with Gasteiger partial charge >= 0.3 is 0 Å². The minimum Gasteiger partial charge on any atom is -0.396 e. The van der Waals surface area contributed by atoms with Gasteiger partial charge in [-0.15, -0.1) is 0 Å². The van der Waals surface area contributed by atoms with Crippen LogP contribution in [0.5, 0.6) is 0 Å². The summed E-state index contributed by atoms with van der Waals surface area (Å²) in [4.78, 5) is 0. The lowest BCUT2D eigenvalue weighted by Crippen LogP contribution is -2.23. The monoisotopic (exact) mass is 239 g/mol. The van der Waals surface area contributed by atoms with E-state index >= 15 is 0 Å². The van der Waals surface area contributed by atoms with Gasteiger partial charge in [0.1, 0.15) is 0 Å². The van der Waals surface area contributed by atoms with E-state index in [-0.39, 0.29) is 12.6 Å². The Bertz CT molecular complexity index is 315. The normalized spacial score (nSPS) is 14.8.